The molecule has 0 amide bonds. The van der Waals surface area contributed by atoms with E-state index >= 15 is 0 Å². The molecule has 0 aromatic carbocycles. The van der Waals surface area contributed by atoms with Crippen LogP contribution in [0.25, 0.3) is 10.6 Å². The Kier molecular flexibility index (Phi) is 6.30. The van der Waals surface area contributed by atoms with Gasteiger partial charge in [0.15, 0.2) is 11.5 Å². The summed E-state index contributed by atoms with van der Waals surface area (Å²) in [6, 6.07) is 4.86. The summed E-state index contributed by atoms with van der Waals surface area (Å²) in [6.07, 6.45) is 2.10. The van der Waals surface area contributed by atoms with E-state index in [-0.39, 0.29) is 22.6 Å². The third-order valence-corrected chi connectivity index (χ3v) is 7.51. The lowest BCUT2D eigenvalue weighted by Gasteiger charge is -2.22. The highest BCUT2D eigenvalue weighted by atomic mass is 32.2. The minimum absolute atomic E-state index is 0.0590. The third kappa shape index (κ3) is 4.57. The molecule has 0 saturated carbocycles. The van der Waals surface area contributed by atoms with Crippen molar-refractivity contribution in [2.45, 2.75) is 36.9 Å². The van der Waals surface area contributed by atoms with Crippen LogP contribution in [-0.4, -0.2) is 56.7 Å². The molecule has 10 heteroatoms. The lowest BCUT2D eigenvalue weighted by Crippen LogP contribution is -2.39. The molecule has 1 aliphatic rings. The molecule has 2 aromatic heterocycles. The van der Waals surface area contributed by atoms with Crippen LogP contribution in [0, 0.1) is 0 Å². The molecular weight excluding hydrogens is 390 g/mol. The highest BCUT2D eigenvalue weighted by molar-refractivity contribution is 7.91. The number of aromatic nitrogens is 1. The molecule has 2 aromatic rings. The summed E-state index contributed by atoms with van der Waals surface area (Å²) < 4.78 is 38.1. The van der Waals surface area contributed by atoms with Gasteiger partial charge in [0.05, 0.1) is 11.5 Å². The number of esters is 1. The van der Waals surface area contributed by atoms with Crippen LogP contribution in [0.15, 0.2) is 26.9 Å². The standard InChI is InChI=1S/C17H23N3O5S2/c1-3-20-9-5-6-12(20)11-18-27(22,23)16-8-7-15(26-16)14-10-13(19-25-14)17(21)24-4-2/h7-8,10,12,18H,3-6,9,11H2,1-2H3/t12-/m0/s1. The number of nitrogens with zero attached hydrogens (tertiary/aromatic N) is 2. The van der Waals surface area contributed by atoms with Gasteiger partial charge in [-0.05, 0) is 45.0 Å². The molecule has 1 fully saturated rings. The predicted octanol–water partition coefficient (Wildman–Crippen LogP) is 2.34. The summed E-state index contributed by atoms with van der Waals surface area (Å²) in [5.41, 5.74) is 0.0590. The number of carbonyl (C=O) groups excluding carboxylic acids is 1. The molecule has 0 aliphatic carbocycles. The first kappa shape index (κ1) is 20.0. The van der Waals surface area contributed by atoms with Gasteiger partial charge < -0.3 is 9.26 Å². The van der Waals surface area contributed by atoms with Gasteiger partial charge in [0.2, 0.25) is 10.0 Å². The first-order valence-electron chi connectivity index (χ1n) is 8.92. The second-order valence-electron chi connectivity index (χ2n) is 6.19. The van der Waals surface area contributed by atoms with Gasteiger partial charge in [-0.3, -0.25) is 4.90 Å². The molecule has 0 radical (unpaired) electrons. The van der Waals surface area contributed by atoms with Gasteiger partial charge in [-0.25, -0.2) is 17.9 Å². The zero-order chi connectivity index (χ0) is 19.4. The average molecular weight is 414 g/mol. The predicted molar refractivity (Wildman–Crippen MR) is 101 cm³/mol. The molecule has 1 atom stereocenters. The molecule has 1 saturated heterocycles. The molecule has 8 nitrogen and oxygen atoms in total. The number of thiophene rings is 1. The van der Waals surface area contributed by atoms with Crippen molar-refractivity contribution >= 4 is 27.3 Å². The quantitative estimate of drug-likeness (QED) is 0.663. The van der Waals surface area contributed by atoms with E-state index in [1.54, 1.807) is 13.0 Å². The molecule has 0 spiro atoms. The van der Waals surface area contributed by atoms with Crippen molar-refractivity contribution < 1.29 is 22.5 Å². The number of likely N-dealkylation sites (tertiary alicyclic amines) is 1. The zero-order valence-corrected chi connectivity index (χ0v) is 16.9. The van der Waals surface area contributed by atoms with Crippen LogP contribution in [0.3, 0.4) is 0 Å². The molecule has 0 bridgehead atoms. The topological polar surface area (TPSA) is 102 Å². The summed E-state index contributed by atoms with van der Waals surface area (Å²) in [5, 5.41) is 3.68. The monoisotopic (exact) mass is 413 g/mol. The van der Waals surface area contributed by atoms with E-state index < -0.39 is 16.0 Å². The van der Waals surface area contributed by atoms with Crippen molar-refractivity contribution in [2.24, 2.45) is 0 Å². The van der Waals surface area contributed by atoms with Gasteiger partial charge >= 0.3 is 5.97 Å². The molecule has 27 heavy (non-hydrogen) atoms. The Morgan fingerprint density at radius 1 is 1.44 bits per heavy atom. The average Bonchev–Trinajstić information content (AvgIpc) is 3.39. The van der Waals surface area contributed by atoms with Crippen molar-refractivity contribution in [3.63, 3.8) is 0 Å². The fourth-order valence-electron chi connectivity index (χ4n) is 3.11. The van der Waals surface area contributed by atoms with Crippen LogP contribution in [0.2, 0.25) is 0 Å². The lowest BCUT2D eigenvalue weighted by atomic mass is 10.2. The van der Waals surface area contributed by atoms with E-state index in [4.69, 9.17) is 9.26 Å². The molecule has 0 unspecified atom stereocenters. The Balaban J connectivity index is 1.68. The number of hydrogen-bond donors (Lipinski definition) is 1. The van der Waals surface area contributed by atoms with Crippen LogP contribution < -0.4 is 4.72 Å². The summed E-state index contributed by atoms with van der Waals surface area (Å²) in [4.78, 5) is 14.5. The van der Waals surface area contributed by atoms with Gasteiger partial charge in [-0.15, -0.1) is 11.3 Å². The summed E-state index contributed by atoms with van der Waals surface area (Å²) in [7, 11) is -3.60. The maximum Gasteiger partial charge on any atom is 0.360 e. The second kappa shape index (κ2) is 8.51. The van der Waals surface area contributed by atoms with Crippen LogP contribution in [0.1, 0.15) is 37.2 Å². The van der Waals surface area contributed by atoms with Gasteiger partial charge in [0.25, 0.3) is 0 Å². The SMILES string of the molecule is CCOC(=O)c1cc(-c2ccc(S(=O)(=O)NC[C@@H]3CCCN3CC)s2)on1. The molecule has 3 heterocycles. The largest absolute Gasteiger partial charge is 0.461 e. The summed E-state index contributed by atoms with van der Waals surface area (Å²) in [6.45, 7) is 6.36. The second-order valence-corrected chi connectivity index (χ2v) is 9.27. The number of sulfonamides is 1. The molecular formula is C17H23N3O5S2. The Morgan fingerprint density at radius 2 is 2.26 bits per heavy atom. The van der Waals surface area contributed by atoms with Crippen molar-refractivity contribution in [2.75, 3.05) is 26.2 Å². The number of nitrogens with one attached hydrogen (secondary N) is 1. The maximum absolute atomic E-state index is 12.6. The van der Waals surface area contributed by atoms with Gasteiger partial charge in [-0.2, -0.15) is 0 Å². The Morgan fingerprint density at radius 3 is 3.00 bits per heavy atom. The van der Waals surface area contributed by atoms with E-state index in [1.807, 2.05) is 0 Å². The maximum atomic E-state index is 12.6. The number of likely N-dealkylation sites (N-methyl/N-ethyl adjacent to an activating group) is 1. The van der Waals surface area contributed by atoms with E-state index in [2.05, 4.69) is 21.7 Å². The smallest absolute Gasteiger partial charge is 0.360 e. The van der Waals surface area contributed by atoms with E-state index in [0.717, 1.165) is 37.3 Å². The van der Waals surface area contributed by atoms with Crippen LogP contribution >= 0.6 is 11.3 Å². The minimum Gasteiger partial charge on any atom is -0.461 e. The van der Waals surface area contributed by atoms with E-state index in [9.17, 15) is 13.2 Å². The first-order valence-corrected chi connectivity index (χ1v) is 11.2. The van der Waals surface area contributed by atoms with Crippen LogP contribution in [-0.2, 0) is 14.8 Å². The summed E-state index contributed by atoms with van der Waals surface area (Å²) in [5.74, 6) is -0.243. The van der Waals surface area contributed by atoms with E-state index in [1.165, 1.54) is 12.1 Å². The summed E-state index contributed by atoms with van der Waals surface area (Å²) >= 11 is 1.07. The highest BCUT2D eigenvalue weighted by Crippen LogP contribution is 2.31. The first-order chi connectivity index (χ1) is 12.9. The van der Waals surface area contributed by atoms with Crippen LogP contribution in [0.5, 0.6) is 0 Å². The fourth-order valence-corrected chi connectivity index (χ4v) is 5.48. The minimum atomic E-state index is -3.60. The highest BCUT2D eigenvalue weighted by Gasteiger charge is 2.26. The fraction of sp³-hybridized carbons (Fsp3) is 0.529. The number of ether oxygens (including phenoxy) is 1. The van der Waals surface area contributed by atoms with Crippen molar-refractivity contribution in [3.8, 4) is 10.6 Å². The van der Waals surface area contributed by atoms with Gasteiger partial charge in [-0.1, -0.05) is 12.1 Å². The van der Waals surface area contributed by atoms with Crippen molar-refractivity contribution in [1.82, 2.24) is 14.8 Å². The lowest BCUT2D eigenvalue weighted by molar-refractivity contribution is 0.0514. The molecule has 3 rings (SSSR count). The normalized spacial score (nSPS) is 18.1. The number of hydrogen-bond acceptors (Lipinski definition) is 8. The molecule has 148 valence electrons. The Bertz CT molecular complexity index is 890. The number of rotatable bonds is 8. The number of carbonyl (C=O) groups is 1. The molecule has 1 aliphatic heterocycles. The van der Waals surface area contributed by atoms with E-state index in [0.29, 0.717) is 17.2 Å². The van der Waals surface area contributed by atoms with Gasteiger partial charge in [0, 0.05) is 18.7 Å². The zero-order valence-electron chi connectivity index (χ0n) is 15.3. The van der Waals surface area contributed by atoms with Crippen molar-refractivity contribution in [1.29, 1.82) is 0 Å². The third-order valence-electron chi connectivity index (χ3n) is 4.50. The van der Waals surface area contributed by atoms with Gasteiger partial charge in [0.1, 0.15) is 4.21 Å². The Hall–Kier alpha value is -1.75. The Labute approximate surface area is 162 Å². The van der Waals surface area contributed by atoms with Crippen molar-refractivity contribution in [3.05, 3.63) is 23.9 Å². The molecule has 1 N–H and O–H groups in total. The van der Waals surface area contributed by atoms with Crippen LogP contribution in [0.4, 0.5) is 0 Å².